The van der Waals surface area contributed by atoms with E-state index in [1.807, 2.05) is 0 Å². The number of hydrogen-bond acceptors (Lipinski definition) is 4. The first kappa shape index (κ1) is 16.7. The molecule has 0 heterocycles. The van der Waals surface area contributed by atoms with E-state index in [9.17, 15) is 13.2 Å². The van der Waals surface area contributed by atoms with Gasteiger partial charge in [0.15, 0.2) is 0 Å². The number of likely N-dealkylation sites (N-methyl/N-ethyl adjacent to an activating group) is 1. The number of nitrogen functional groups attached to an aromatic ring is 1. The minimum absolute atomic E-state index is 0.0699. The molecule has 8 heteroatoms. The van der Waals surface area contributed by atoms with Crippen molar-refractivity contribution in [2.75, 3.05) is 25.9 Å². The second-order valence-corrected chi connectivity index (χ2v) is 6.51. The van der Waals surface area contributed by atoms with Gasteiger partial charge in [0.05, 0.1) is 11.6 Å². The van der Waals surface area contributed by atoms with Crippen LogP contribution in [0.4, 0.5) is 5.69 Å². The number of carbonyl (C=O) groups excluding carboxylic acids is 1. The van der Waals surface area contributed by atoms with E-state index in [0.717, 1.165) is 0 Å². The van der Waals surface area contributed by atoms with Crippen LogP contribution in [0.1, 0.15) is 12.5 Å². The molecular formula is C12H18ClN3O3S. The van der Waals surface area contributed by atoms with Crippen molar-refractivity contribution in [3.63, 3.8) is 0 Å². The molecule has 0 spiro atoms. The number of rotatable bonds is 5. The van der Waals surface area contributed by atoms with Gasteiger partial charge in [0.2, 0.25) is 15.9 Å². The summed E-state index contributed by atoms with van der Waals surface area (Å²) in [4.78, 5) is 12.9. The number of carbonyl (C=O) groups is 1. The molecule has 0 saturated carbocycles. The number of halogens is 1. The van der Waals surface area contributed by atoms with Crippen LogP contribution < -0.4 is 10.5 Å². The van der Waals surface area contributed by atoms with Crippen LogP contribution in [0.3, 0.4) is 0 Å². The van der Waals surface area contributed by atoms with Gasteiger partial charge < -0.3 is 10.6 Å². The first-order valence-electron chi connectivity index (χ1n) is 5.98. The van der Waals surface area contributed by atoms with Gasteiger partial charge in [0.1, 0.15) is 4.90 Å². The number of hydrogen-bond donors (Lipinski definition) is 2. The average molecular weight is 320 g/mol. The second kappa shape index (κ2) is 6.43. The summed E-state index contributed by atoms with van der Waals surface area (Å²) < 4.78 is 26.4. The summed E-state index contributed by atoms with van der Waals surface area (Å²) in [5.74, 6) is -0.327. The molecule has 0 aliphatic rings. The molecule has 1 amide bonds. The van der Waals surface area contributed by atoms with Gasteiger partial charge in [-0.3, -0.25) is 4.79 Å². The van der Waals surface area contributed by atoms with E-state index in [0.29, 0.717) is 17.8 Å². The van der Waals surface area contributed by atoms with E-state index < -0.39 is 10.0 Å². The van der Waals surface area contributed by atoms with Crippen LogP contribution in [0.2, 0.25) is 5.02 Å². The van der Waals surface area contributed by atoms with E-state index >= 15 is 0 Å². The van der Waals surface area contributed by atoms with Crippen LogP contribution in [0.5, 0.6) is 0 Å². The molecule has 3 N–H and O–H groups in total. The smallest absolute Gasteiger partial charge is 0.242 e. The summed E-state index contributed by atoms with van der Waals surface area (Å²) in [6.45, 7) is 3.70. The van der Waals surface area contributed by atoms with Gasteiger partial charge in [-0.1, -0.05) is 11.6 Å². The van der Waals surface area contributed by atoms with E-state index in [2.05, 4.69) is 4.72 Å². The summed E-state index contributed by atoms with van der Waals surface area (Å²) in [5.41, 5.74) is 6.70. The standard InChI is InChI=1S/C12H18ClN3O3S/c1-4-16(3)12(17)7-15-20(18,19)11-6-10(14)8(2)5-9(11)13/h5-6,15H,4,7,14H2,1-3H3. The van der Waals surface area contributed by atoms with Crippen molar-refractivity contribution in [1.82, 2.24) is 9.62 Å². The highest BCUT2D eigenvalue weighted by Gasteiger charge is 2.20. The molecule has 1 aromatic carbocycles. The summed E-state index contributed by atoms with van der Waals surface area (Å²) in [7, 11) is -2.29. The minimum Gasteiger partial charge on any atom is -0.398 e. The van der Waals surface area contributed by atoms with Crippen LogP contribution in [0.25, 0.3) is 0 Å². The third-order valence-corrected chi connectivity index (χ3v) is 4.79. The molecule has 112 valence electrons. The second-order valence-electron chi connectivity index (χ2n) is 4.37. The fourth-order valence-corrected chi connectivity index (χ4v) is 3.01. The van der Waals surface area contributed by atoms with Crippen LogP contribution in [0.15, 0.2) is 17.0 Å². The number of nitrogens with two attached hydrogens (primary N) is 1. The van der Waals surface area contributed by atoms with E-state index in [1.54, 1.807) is 20.9 Å². The zero-order chi connectivity index (χ0) is 15.5. The van der Waals surface area contributed by atoms with Gasteiger partial charge in [-0.15, -0.1) is 0 Å². The zero-order valence-electron chi connectivity index (χ0n) is 11.6. The van der Waals surface area contributed by atoms with E-state index in [1.165, 1.54) is 17.0 Å². The fraction of sp³-hybridized carbons (Fsp3) is 0.417. The third-order valence-electron chi connectivity index (χ3n) is 2.92. The predicted octanol–water partition coefficient (Wildman–Crippen LogP) is 0.987. The lowest BCUT2D eigenvalue weighted by molar-refractivity contribution is -0.128. The minimum atomic E-state index is -3.88. The molecule has 0 radical (unpaired) electrons. The van der Waals surface area contributed by atoms with Gasteiger partial charge in [-0.25, -0.2) is 13.1 Å². The Morgan fingerprint density at radius 3 is 2.60 bits per heavy atom. The van der Waals surface area contributed by atoms with Crippen molar-refractivity contribution in [3.05, 3.63) is 22.7 Å². The number of nitrogens with zero attached hydrogens (tertiary/aromatic N) is 1. The van der Waals surface area contributed by atoms with Crippen molar-refractivity contribution in [3.8, 4) is 0 Å². The first-order valence-corrected chi connectivity index (χ1v) is 7.84. The van der Waals surface area contributed by atoms with Crippen molar-refractivity contribution < 1.29 is 13.2 Å². The Labute approximate surface area is 123 Å². The molecule has 0 aliphatic heterocycles. The Balaban J connectivity index is 2.95. The van der Waals surface area contributed by atoms with E-state index in [-0.39, 0.29) is 22.4 Å². The maximum absolute atomic E-state index is 12.1. The van der Waals surface area contributed by atoms with Crippen LogP contribution in [0, 0.1) is 6.92 Å². The quantitative estimate of drug-likeness (QED) is 0.791. The lowest BCUT2D eigenvalue weighted by Gasteiger charge is -2.15. The number of aryl methyl sites for hydroxylation is 1. The molecule has 0 aliphatic carbocycles. The summed E-state index contributed by atoms with van der Waals surface area (Å²) in [6.07, 6.45) is 0. The largest absolute Gasteiger partial charge is 0.398 e. The Morgan fingerprint density at radius 1 is 1.45 bits per heavy atom. The lowest BCUT2D eigenvalue weighted by atomic mass is 10.2. The lowest BCUT2D eigenvalue weighted by Crippen LogP contribution is -2.38. The molecule has 0 bridgehead atoms. The van der Waals surface area contributed by atoms with Gasteiger partial charge >= 0.3 is 0 Å². The summed E-state index contributed by atoms with van der Waals surface area (Å²) >= 11 is 5.92. The van der Waals surface area contributed by atoms with Crippen molar-refractivity contribution >= 4 is 33.2 Å². The third kappa shape index (κ3) is 3.84. The molecule has 0 aromatic heterocycles. The molecule has 0 atom stereocenters. The van der Waals surface area contributed by atoms with Gasteiger partial charge in [-0.2, -0.15) is 0 Å². The fourth-order valence-electron chi connectivity index (χ4n) is 1.42. The molecule has 0 fully saturated rings. The van der Waals surface area contributed by atoms with Crippen molar-refractivity contribution in [2.45, 2.75) is 18.7 Å². The predicted molar refractivity (Wildman–Crippen MR) is 79.1 cm³/mol. The number of sulfonamides is 1. The summed E-state index contributed by atoms with van der Waals surface area (Å²) in [5, 5.41) is 0.0699. The molecule has 1 rings (SSSR count). The zero-order valence-corrected chi connectivity index (χ0v) is 13.2. The molecule has 0 saturated heterocycles. The Kier molecular flexibility index (Phi) is 5.38. The number of nitrogens with one attached hydrogen (secondary N) is 1. The Morgan fingerprint density at radius 2 is 2.05 bits per heavy atom. The van der Waals surface area contributed by atoms with Gasteiger partial charge in [0, 0.05) is 19.3 Å². The molecule has 20 heavy (non-hydrogen) atoms. The number of amides is 1. The molecule has 1 aromatic rings. The van der Waals surface area contributed by atoms with Gasteiger partial charge in [-0.05, 0) is 31.5 Å². The van der Waals surface area contributed by atoms with Gasteiger partial charge in [0.25, 0.3) is 0 Å². The van der Waals surface area contributed by atoms with Crippen molar-refractivity contribution in [1.29, 1.82) is 0 Å². The highest BCUT2D eigenvalue weighted by Crippen LogP contribution is 2.26. The number of benzene rings is 1. The first-order chi connectivity index (χ1) is 9.19. The molecule has 0 unspecified atom stereocenters. The Bertz CT molecular complexity index is 617. The topological polar surface area (TPSA) is 92.5 Å². The van der Waals surface area contributed by atoms with E-state index in [4.69, 9.17) is 17.3 Å². The van der Waals surface area contributed by atoms with Crippen molar-refractivity contribution in [2.24, 2.45) is 0 Å². The number of anilines is 1. The highest BCUT2D eigenvalue weighted by molar-refractivity contribution is 7.89. The van der Waals surface area contributed by atoms with Crippen LogP contribution >= 0.6 is 11.6 Å². The maximum Gasteiger partial charge on any atom is 0.242 e. The molecular weight excluding hydrogens is 302 g/mol. The maximum atomic E-state index is 12.1. The normalized spacial score (nSPS) is 11.4. The van der Waals surface area contributed by atoms with Crippen LogP contribution in [-0.4, -0.2) is 39.4 Å². The Hall–Kier alpha value is -1.31. The molecule has 6 nitrogen and oxygen atoms in total. The SMILES string of the molecule is CCN(C)C(=O)CNS(=O)(=O)c1cc(N)c(C)cc1Cl. The summed E-state index contributed by atoms with van der Waals surface area (Å²) in [6, 6.07) is 2.76. The average Bonchev–Trinajstić information content (AvgIpc) is 2.39. The highest BCUT2D eigenvalue weighted by atomic mass is 35.5. The van der Waals surface area contributed by atoms with Crippen LogP contribution in [-0.2, 0) is 14.8 Å². The monoisotopic (exact) mass is 319 g/mol.